The summed E-state index contributed by atoms with van der Waals surface area (Å²) >= 11 is 1.23. The molecule has 0 aliphatic heterocycles. The molecule has 0 aliphatic rings. The maximum Gasteiger partial charge on any atom is 0.155 e. The number of pyridine rings is 1. The van der Waals surface area contributed by atoms with Crippen LogP contribution in [0.25, 0.3) is 10.9 Å². The Morgan fingerprint density at radius 2 is 2.24 bits per heavy atom. The smallest absolute Gasteiger partial charge is 0.155 e. The van der Waals surface area contributed by atoms with E-state index in [9.17, 15) is 0 Å². The summed E-state index contributed by atoms with van der Waals surface area (Å²) in [5, 5.41) is 8.39. The van der Waals surface area contributed by atoms with Gasteiger partial charge in [0, 0.05) is 16.0 Å². The normalized spacial score (nSPS) is 10.5. The van der Waals surface area contributed by atoms with Gasteiger partial charge in [0.05, 0.1) is 7.11 Å². The SMILES string of the molecule is COc1cccc2c(SC(=N)N)cc(C)nc12. The number of hydrogen-bond acceptors (Lipinski definition) is 4. The van der Waals surface area contributed by atoms with Gasteiger partial charge in [-0.05, 0) is 19.1 Å². The summed E-state index contributed by atoms with van der Waals surface area (Å²) in [7, 11) is 1.62. The Hall–Kier alpha value is -1.75. The van der Waals surface area contributed by atoms with Crippen molar-refractivity contribution >= 4 is 27.8 Å². The summed E-state index contributed by atoms with van der Waals surface area (Å²) in [5.74, 6) is 0.733. The highest BCUT2D eigenvalue weighted by Gasteiger charge is 2.09. The lowest BCUT2D eigenvalue weighted by molar-refractivity contribution is 0.419. The molecule has 1 aromatic carbocycles. The van der Waals surface area contributed by atoms with Crippen molar-refractivity contribution in [1.29, 1.82) is 5.41 Å². The largest absolute Gasteiger partial charge is 0.494 e. The number of fused-ring (bicyclic) bond motifs is 1. The number of methoxy groups -OCH3 is 1. The van der Waals surface area contributed by atoms with Gasteiger partial charge in [-0.1, -0.05) is 23.9 Å². The first-order valence-electron chi connectivity index (χ1n) is 5.08. The first-order chi connectivity index (χ1) is 8.11. The number of amidine groups is 1. The summed E-state index contributed by atoms with van der Waals surface area (Å²) in [6.07, 6.45) is 0. The lowest BCUT2D eigenvalue weighted by atomic mass is 10.2. The predicted octanol–water partition coefficient (Wildman–Crippen LogP) is 2.54. The Bertz CT molecular complexity index is 583. The fraction of sp³-hybridized carbons (Fsp3) is 0.167. The third kappa shape index (κ3) is 2.34. The van der Waals surface area contributed by atoms with Crippen molar-refractivity contribution < 1.29 is 4.74 Å². The maximum absolute atomic E-state index is 7.37. The Morgan fingerprint density at radius 1 is 1.47 bits per heavy atom. The van der Waals surface area contributed by atoms with Gasteiger partial charge in [-0.3, -0.25) is 5.41 Å². The highest BCUT2D eigenvalue weighted by Crippen LogP contribution is 2.32. The molecule has 5 heteroatoms. The zero-order valence-corrected chi connectivity index (χ0v) is 10.5. The number of nitrogens with two attached hydrogens (primary N) is 1. The molecule has 2 aromatic rings. The molecule has 0 unspecified atom stereocenters. The zero-order valence-electron chi connectivity index (χ0n) is 9.65. The Morgan fingerprint density at radius 3 is 2.88 bits per heavy atom. The molecule has 3 N–H and O–H groups in total. The van der Waals surface area contributed by atoms with Gasteiger partial charge in [-0.25, -0.2) is 4.98 Å². The fourth-order valence-corrected chi connectivity index (χ4v) is 2.42. The highest BCUT2D eigenvalue weighted by molar-refractivity contribution is 8.13. The molecule has 0 radical (unpaired) electrons. The van der Waals surface area contributed by atoms with Crippen LogP contribution in [0.3, 0.4) is 0 Å². The molecule has 0 aliphatic carbocycles. The maximum atomic E-state index is 7.37. The van der Waals surface area contributed by atoms with Crippen LogP contribution in [-0.2, 0) is 0 Å². The number of aryl methyl sites for hydroxylation is 1. The standard InChI is InChI=1S/C12H13N3OS/c1-7-6-10(17-12(13)14)8-4-3-5-9(16-2)11(8)15-7/h3-6H,1-2H3,(H3,13,14). The molecular formula is C12H13N3OS. The summed E-state index contributed by atoms with van der Waals surface area (Å²) in [6, 6.07) is 7.66. The highest BCUT2D eigenvalue weighted by atomic mass is 32.2. The van der Waals surface area contributed by atoms with Gasteiger partial charge in [0.1, 0.15) is 11.3 Å². The molecule has 4 nitrogen and oxygen atoms in total. The minimum atomic E-state index is 0.0692. The third-order valence-corrected chi connectivity index (χ3v) is 3.11. The van der Waals surface area contributed by atoms with E-state index in [2.05, 4.69) is 4.98 Å². The first kappa shape index (κ1) is 11.7. The van der Waals surface area contributed by atoms with Gasteiger partial charge in [-0.2, -0.15) is 0 Å². The van der Waals surface area contributed by atoms with E-state index in [1.165, 1.54) is 11.8 Å². The average Bonchev–Trinajstić information content (AvgIpc) is 2.27. The Balaban J connectivity index is 2.71. The molecule has 0 bridgehead atoms. The second-order valence-electron chi connectivity index (χ2n) is 3.58. The molecule has 2 rings (SSSR count). The number of ether oxygens (including phenoxy) is 1. The quantitative estimate of drug-likeness (QED) is 0.486. The summed E-state index contributed by atoms with van der Waals surface area (Å²) in [5.41, 5.74) is 7.12. The van der Waals surface area contributed by atoms with E-state index in [0.29, 0.717) is 0 Å². The zero-order chi connectivity index (χ0) is 12.4. The van der Waals surface area contributed by atoms with Crippen LogP contribution >= 0.6 is 11.8 Å². The van der Waals surface area contributed by atoms with Gasteiger partial charge in [0.15, 0.2) is 5.17 Å². The minimum absolute atomic E-state index is 0.0692. The second-order valence-corrected chi connectivity index (χ2v) is 4.67. The van der Waals surface area contributed by atoms with E-state index < -0.39 is 0 Å². The van der Waals surface area contributed by atoms with Crippen molar-refractivity contribution in [1.82, 2.24) is 4.98 Å². The molecule has 0 saturated carbocycles. The molecule has 0 atom stereocenters. The summed E-state index contributed by atoms with van der Waals surface area (Å²) < 4.78 is 5.29. The second kappa shape index (κ2) is 4.63. The van der Waals surface area contributed by atoms with Crippen molar-refractivity contribution in [2.45, 2.75) is 11.8 Å². The van der Waals surface area contributed by atoms with Crippen molar-refractivity contribution in [2.24, 2.45) is 5.73 Å². The van der Waals surface area contributed by atoms with Crippen molar-refractivity contribution in [3.8, 4) is 5.75 Å². The molecule has 0 fully saturated rings. The number of thioether (sulfide) groups is 1. The van der Waals surface area contributed by atoms with Gasteiger partial charge in [0.25, 0.3) is 0 Å². The summed E-state index contributed by atoms with van der Waals surface area (Å²) in [6.45, 7) is 1.91. The number of benzene rings is 1. The van der Waals surface area contributed by atoms with Crippen LogP contribution in [0.1, 0.15) is 5.69 Å². The Labute approximate surface area is 104 Å². The van der Waals surface area contributed by atoms with Gasteiger partial charge >= 0.3 is 0 Å². The monoisotopic (exact) mass is 247 g/mol. The molecular weight excluding hydrogens is 234 g/mol. The average molecular weight is 247 g/mol. The van der Waals surface area contributed by atoms with Gasteiger partial charge in [-0.15, -0.1) is 0 Å². The lowest BCUT2D eigenvalue weighted by Gasteiger charge is -2.09. The predicted molar refractivity (Wildman–Crippen MR) is 70.8 cm³/mol. The van der Waals surface area contributed by atoms with Crippen LogP contribution in [0, 0.1) is 12.3 Å². The Kier molecular flexibility index (Phi) is 3.19. The fourth-order valence-electron chi connectivity index (χ4n) is 1.68. The van der Waals surface area contributed by atoms with Crippen molar-refractivity contribution in [2.75, 3.05) is 7.11 Å². The van der Waals surface area contributed by atoms with Crippen molar-refractivity contribution in [3.63, 3.8) is 0 Å². The number of nitrogens with one attached hydrogen (secondary N) is 1. The van der Waals surface area contributed by atoms with Crippen LogP contribution in [-0.4, -0.2) is 17.3 Å². The number of rotatable bonds is 2. The molecule has 1 heterocycles. The number of nitrogens with zero attached hydrogens (tertiary/aromatic N) is 1. The van der Waals surface area contributed by atoms with E-state index in [4.69, 9.17) is 15.9 Å². The number of hydrogen-bond donors (Lipinski definition) is 2. The number of aromatic nitrogens is 1. The third-order valence-electron chi connectivity index (χ3n) is 2.33. The number of para-hydroxylation sites is 1. The van der Waals surface area contributed by atoms with Crippen LogP contribution < -0.4 is 10.5 Å². The van der Waals surface area contributed by atoms with Gasteiger partial charge in [0.2, 0.25) is 0 Å². The molecule has 1 aromatic heterocycles. The van der Waals surface area contributed by atoms with E-state index in [-0.39, 0.29) is 5.17 Å². The molecule has 17 heavy (non-hydrogen) atoms. The van der Waals surface area contributed by atoms with E-state index in [1.54, 1.807) is 7.11 Å². The summed E-state index contributed by atoms with van der Waals surface area (Å²) in [4.78, 5) is 5.39. The molecule has 0 amide bonds. The molecule has 88 valence electrons. The van der Waals surface area contributed by atoms with Crippen LogP contribution in [0.2, 0.25) is 0 Å². The van der Waals surface area contributed by atoms with Crippen LogP contribution in [0.5, 0.6) is 5.75 Å². The first-order valence-corrected chi connectivity index (χ1v) is 5.89. The van der Waals surface area contributed by atoms with Crippen LogP contribution in [0.15, 0.2) is 29.2 Å². The molecule has 0 spiro atoms. The van der Waals surface area contributed by atoms with Crippen molar-refractivity contribution in [3.05, 3.63) is 30.0 Å². The van der Waals surface area contributed by atoms with E-state index in [0.717, 1.165) is 27.2 Å². The topological polar surface area (TPSA) is 72.0 Å². The van der Waals surface area contributed by atoms with Crippen LogP contribution in [0.4, 0.5) is 0 Å². The molecule has 0 saturated heterocycles. The van der Waals surface area contributed by atoms with E-state index in [1.807, 2.05) is 31.2 Å². The van der Waals surface area contributed by atoms with E-state index >= 15 is 0 Å². The minimum Gasteiger partial charge on any atom is -0.494 e. The lowest BCUT2D eigenvalue weighted by Crippen LogP contribution is -2.03. The van der Waals surface area contributed by atoms with Gasteiger partial charge < -0.3 is 10.5 Å².